The Morgan fingerprint density at radius 3 is 2.73 bits per heavy atom. The lowest BCUT2D eigenvalue weighted by Gasteiger charge is -1.84. The first kappa shape index (κ1) is 8.04. The highest BCUT2D eigenvalue weighted by Crippen LogP contribution is 2.17. The molecule has 0 saturated heterocycles. The van der Waals surface area contributed by atoms with Crippen LogP contribution in [0.3, 0.4) is 0 Å². The van der Waals surface area contributed by atoms with Crippen molar-refractivity contribution in [1.29, 1.82) is 5.26 Å². The monoisotopic (exact) mass is 192 g/mol. The van der Waals surface area contributed by atoms with E-state index in [9.17, 15) is 8.42 Å². The fourth-order valence-electron chi connectivity index (χ4n) is 0.483. The normalized spacial score (nSPS) is 10.9. The topological polar surface area (TPSA) is 84.0 Å². The van der Waals surface area contributed by atoms with E-state index in [1.807, 2.05) is 0 Å². The number of hydrogen-bond acceptors (Lipinski definition) is 5. The second-order valence-corrected chi connectivity index (χ2v) is 4.00. The van der Waals surface area contributed by atoms with Gasteiger partial charge in [-0.2, -0.15) is 5.26 Å². The number of halogens is 1. The van der Waals surface area contributed by atoms with Crippen molar-refractivity contribution >= 4 is 19.7 Å². The molecule has 0 atom stereocenters. The Labute approximate surface area is 66.6 Å². The summed E-state index contributed by atoms with van der Waals surface area (Å²) in [6, 6.07) is 1.51. The molecule has 0 bridgehead atoms. The average Bonchev–Trinajstić information content (AvgIpc) is 2.31. The lowest BCUT2D eigenvalue weighted by molar-refractivity contribution is 0.450. The van der Waals surface area contributed by atoms with E-state index >= 15 is 0 Å². The van der Waals surface area contributed by atoms with E-state index in [2.05, 4.69) is 9.40 Å². The molecule has 1 rings (SSSR count). The van der Waals surface area contributed by atoms with Crippen molar-refractivity contribution in [3.8, 4) is 6.07 Å². The standard InChI is InChI=1S/C4HClN2O3S/c5-11(8,9)4-3(1-6)7-2-10-4/h2H. The quantitative estimate of drug-likeness (QED) is 0.604. The SMILES string of the molecule is N#Cc1ncoc1S(=O)(=O)Cl. The maximum absolute atomic E-state index is 10.6. The second-order valence-electron chi connectivity index (χ2n) is 1.54. The van der Waals surface area contributed by atoms with Crippen molar-refractivity contribution in [1.82, 2.24) is 4.98 Å². The zero-order valence-corrected chi connectivity index (χ0v) is 6.56. The molecular formula is C4HClN2O3S. The van der Waals surface area contributed by atoms with Crippen molar-refractivity contribution < 1.29 is 12.8 Å². The van der Waals surface area contributed by atoms with E-state index in [1.54, 1.807) is 0 Å². The van der Waals surface area contributed by atoms with E-state index in [4.69, 9.17) is 15.9 Å². The molecule has 0 fully saturated rings. The zero-order chi connectivity index (χ0) is 8.48. The van der Waals surface area contributed by atoms with Gasteiger partial charge in [0.15, 0.2) is 12.1 Å². The van der Waals surface area contributed by atoms with Crippen LogP contribution in [0.25, 0.3) is 0 Å². The number of oxazole rings is 1. The summed E-state index contributed by atoms with van der Waals surface area (Å²) in [7, 11) is 0.889. The second kappa shape index (κ2) is 2.53. The maximum atomic E-state index is 10.6. The Balaban J connectivity index is 3.39. The minimum atomic E-state index is -3.98. The number of hydrogen-bond donors (Lipinski definition) is 0. The zero-order valence-electron chi connectivity index (χ0n) is 4.98. The summed E-state index contributed by atoms with van der Waals surface area (Å²) in [5.74, 6) is 0. The largest absolute Gasteiger partial charge is 0.430 e. The van der Waals surface area contributed by atoms with Gasteiger partial charge in [-0.15, -0.1) is 0 Å². The predicted octanol–water partition coefficient (Wildman–Crippen LogP) is 0.474. The van der Waals surface area contributed by atoms with Gasteiger partial charge in [0, 0.05) is 10.7 Å². The molecule has 0 spiro atoms. The molecule has 7 heteroatoms. The van der Waals surface area contributed by atoms with Gasteiger partial charge in [-0.25, -0.2) is 13.4 Å². The minimum Gasteiger partial charge on any atom is -0.430 e. The Bertz CT molecular complexity index is 401. The summed E-state index contributed by atoms with van der Waals surface area (Å²) >= 11 is 0. The Morgan fingerprint density at radius 1 is 1.73 bits per heavy atom. The lowest BCUT2D eigenvalue weighted by Crippen LogP contribution is -1.90. The van der Waals surface area contributed by atoms with Gasteiger partial charge in [-0.3, -0.25) is 0 Å². The highest BCUT2D eigenvalue weighted by molar-refractivity contribution is 8.13. The van der Waals surface area contributed by atoms with Gasteiger partial charge >= 0.3 is 0 Å². The smallest absolute Gasteiger partial charge is 0.297 e. The molecule has 0 aromatic carbocycles. The van der Waals surface area contributed by atoms with Crippen LogP contribution in [-0.2, 0) is 9.05 Å². The molecule has 1 aromatic rings. The van der Waals surface area contributed by atoms with Gasteiger partial charge in [0.05, 0.1) is 0 Å². The van der Waals surface area contributed by atoms with Crippen LogP contribution in [0.15, 0.2) is 15.9 Å². The van der Waals surface area contributed by atoms with Crippen molar-refractivity contribution in [3.05, 3.63) is 12.1 Å². The van der Waals surface area contributed by atoms with Crippen molar-refractivity contribution in [2.75, 3.05) is 0 Å². The average molecular weight is 193 g/mol. The Hall–Kier alpha value is -1.06. The fraction of sp³-hybridized carbons (Fsp3) is 0. The number of aromatic nitrogens is 1. The van der Waals surface area contributed by atoms with E-state index in [-0.39, 0.29) is 5.69 Å². The summed E-state index contributed by atoms with van der Waals surface area (Å²) in [6.07, 6.45) is 0.841. The van der Waals surface area contributed by atoms with Crippen LogP contribution >= 0.6 is 10.7 Å². The molecule has 1 aromatic heterocycles. The Morgan fingerprint density at radius 2 is 2.36 bits per heavy atom. The molecule has 0 aliphatic rings. The molecule has 0 radical (unpaired) electrons. The predicted molar refractivity (Wildman–Crippen MR) is 34.3 cm³/mol. The third-order valence-corrected chi connectivity index (χ3v) is 2.02. The minimum absolute atomic E-state index is 0.333. The summed E-state index contributed by atoms with van der Waals surface area (Å²) in [5.41, 5.74) is -0.333. The molecule has 0 aliphatic heterocycles. The van der Waals surface area contributed by atoms with E-state index in [0.717, 1.165) is 6.39 Å². The summed E-state index contributed by atoms with van der Waals surface area (Å²) < 4.78 is 25.5. The number of rotatable bonds is 1. The van der Waals surface area contributed by atoms with Gasteiger partial charge in [0.2, 0.25) is 0 Å². The van der Waals surface area contributed by atoms with Crippen LogP contribution < -0.4 is 0 Å². The van der Waals surface area contributed by atoms with E-state index < -0.39 is 14.1 Å². The molecule has 0 aliphatic carbocycles. The first-order chi connectivity index (χ1) is 5.05. The van der Waals surface area contributed by atoms with E-state index in [0.29, 0.717) is 0 Å². The molecular weight excluding hydrogens is 192 g/mol. The van der Waals surface area contributed by atoms with Gasteiger partial charge in [-0.1, -0.05) is 0 Å². The van der Waals surface area contributed by atoms with Crippen LogP contribution in [-0.4, -0.2) is 13.4 Å². The lowest BCUT2D eigenvalue weighted by atomic mass is 10.6. The third kappa shape index (κ3) is 1.50. The number of nitriles is 1. The molecule has 0 amide bonds. The molecule has 11 heavy (non-hydrogen) atoms. The highest BCUT2D eigenvalue weighted by atomic mass is 35.7. The molecule has 58 valence electrons. The van der Waals surface area contributed by atoms with Crippen LogP contribution in [0.5, 0.6) is 0 Å². The molecule has 0 unspecified atom stereocenters. The fourth-order valence-corrected chi connectivity index (χ4v) is 1.30. The highest BCUT2D eigenvalue weighted by Gasteiger charge is 2.20. The van der Waals surface area contributed by atoms with Crippen molar-refractivity contribution in [2.24, 2.45) is 0 Å². The maximum Gasteiger partial charge on any atom is 0.297 e. The summed E-state index contributed by atoms with van der Waals surface area (Å²) in [5, 5.41) is 7.67. The van der Waals surface area contributed by atoms with E-state index in [1.165, 1.54) is 6.07 Å². The van der Waals surface area contributed by atoms with Gasteiger partial charge in [-0.05, 0) is 0 Å². The summed E-state index contributed by atoms with van der Waals surface area (Å²) in [6.45, 7) is 0. The van der Waals surface area contributed by atoms with Gasteiger partial charge in [0.25, 0.3) is 14.1 Å². The molecule has 0 saturated carbocycles. The van der Waals surface area contributed by atoms with Crippen LogP contribution in [0.1, 0.15) is 5.69 Å². The van der Waals surface area contributed by atoms with Gasteiger partial charge < -0.3 is 4.42 Å². The Kier molecular flexibility index (Phi) is 1.85. The van der Waals surface area contributed by atoms with Crippen LogP contribution in [0, 0.1) is 11.3 Å². The van der Waals surface area contributed by atoms with Gasteiger partial charge in [0.1, 0.15) is 6.07 Å². The summed E-state index contributed by atoms with van der Waals surface area (Å²) in [4.78, 5) is 3.31. The third-order valence-electron chi connectivity index (χ3n) is 0.862. The first-order valence-electron chi connectivity index (χ1n) is 2.34. The molecule has 0 N–H and O–H groups in total. The number of nitrogens with zero attached hydrogens (tertiary/aromatic N) is 2. The van der Waals surface area contributed by atoms with Crippen molar-refractivity contribution in [3.63, 3.8) is 0 Å². The van der Waals surface area contributed by atoms with Crippen molar-refractivity contribution in [2.45, 2.75) is 5.09 Å². The van der Waals surface area contributed by atoms with Crippen LogP contribution in [0.4, 0.5) is 0 Å². The molecule has 1 heterocycles. The molecule has 5 nitrogen and oxygen atoms in total. The first-order valence-corrected chi connectivity index (χ1v) is 4.65. The van der Waals surface area contributed by atoms with Crippen LogP contribution in [0.2, 0.25) is 0 Å².